The number of ether oxygens (including phenoxy) is 2. The summed E-state index contributed by atoms with van der Waals surface area (Å²) < 4.78 is 11.1. The summed E-state index contributed by atoms with van der Waals surface area (Å²) in [4.78, 5) is 0. The second kappa shape index (κ2) is 8.05. The maximum Gasteiger partial charge on any atom is 0.161 e. The van der Waals surface area contributed by atoms with Gasteiger partial charge >= 0.3 is 0 Å². The van der Waals surface area contributed by atoms with Crippen LogP contribution in [0, 0.1) is 0 Å². The first-order chi connectivity index (χ1) is 9.40. The number of benzene rings is 1. The summed E-state index contributed by atoms with van der Waals surface area (Å²) >= 11 is 0. The highest BCUT2D eigenvalue weighted by molar-refractivity contribution is 5.43. The molecule has 0 amide bonds. The molecule has 19 heavy (non-hydrogen) atoms. The Morgan fingerprint density at radius 2 is 1.79 bits per heavy atom. The molecule has 106 valence electrons. The van der Waals surface area contributed by atoms with E-state index in [-0.39, 0.29) is 0 Å². The molecule has 0 saturated carbocycles. The van der Waals surface area contributed by atoms with Crippen LogP contribution in [0.3, 0.4) is 0 Å². The number of hydrogen-bond donors (Lipinski definition) is 1. The smallest absolute Gasteiger partial charge is 0.161 e. The van der Waals surface area contributed by atoms with Crippen molar-refractivity contribution in [2.75, 3.05) is 19.8 Å². The van der Waals surface area contributed by atoms with Crippen molar-refractivity contribution < 1.29 is 9.47 Å². The molecule has 0 radical (unpaired) electrons. The van der Waals surface area contributed by atoms with Crippen molar-refractivity contribution in [3.05, 3.63) is 23.8 Å². The third-order valence-electron chi connectivity index (χ3n) is 3.39. The molecule has 1 aromatic carbocycles. The summed E-state index contributed by atoms with van der Waals surface area (Å²) in [6.07, 6.45) is 6.64. The lowest BCUT2D eigenvalue weighted by molar-refractivity contribution is 0.171. The molecule has 1 aliphatic heterocycles. The van der Waals surface area contributed by atoms with Gasteiger partial charge in [-0.1, -0.05) is 38.7 Å². The van der Waals surface area contributed by atoms with Crippen LogP contribution in [0.25, 0.3) is 0 Å². The molecule has 0 aliphatic carbocycles. The molecule has 1 aliphatic rings. The van der Waals surface area contributed by atoms with Crippen molar-refractivity contribution in [2.45, 2.75) is 45.6 Å². The lowest BCUT2D eigenvalue weighted by atomic mass is 10.1. The van der Waals surface area contributed by atoms with Gasteiger partial charge in [-0.2, -0.15) is 0 Å². The van der Waals surface area contributed by atoms with Gasteiger partial charge in [-0.05, 0) is 30.7 Å². The molecule has 0 bridgehead atoms. The van der Waals surface area contributed by atoms with Crippen molar-refractivity contribution in [1.82, 2.24) is 5.32 Å². The van der Waals surface area contributed by atoms with E-state index in [0.717, 1.165) is 24.6 Å². The largest absolute Gasteiger partial charge is 0.486 e. The number of hydrogen-bond acceptors (Lipinski definition) is 3. The van der Waals surface area contributed by atoms with E-state index in [1.165, 1.54) is 37.7 Å². The summed E-state index contributed by atoms with van der Waals surface area (Å²) in [5, 5.41) is 3.49. The molecule has 2 rings (SSSR count). The topological polar surface area (TPSA) is 30.5 Å². The maximum absolute atomic E-state index is 5.58. The van der Waals surface area contributed by atoms with Crippen LogP contribution in [0.5, 0.6) is 11.5 Å². The first-order valence-electron chi connectivity index (χ1n) is 7.49. The summed E-state index contributed by atoms with van der Waals surface area (Å²) in [6.45, 7) is 5.56. The van der Waals surface area contributed by atoms with Crippen LogP contribution in [-0.2, 0) is 6.54 Å². The minimum atomic E-state index is 0.654. The second-order valence-electron chi connectivity index (χ2n) is 5.07. The SMILES string of the molecule is CCCCCCCNCc1ccc2c(c1)OCCO2. The predicted octanol–water partition coefficient (Wildman–Crippen LogP) is 3.52. The number of fused-ring (bicyclic) bond motifs is 1. The third-order valence-corrected chi connectivity index (χ3v) is 3.39. The van der Waals surface area contributed by atoms with Gasteiger partial charge in [0.05, 0.1) is 0 Å². The van der Waals surface area contributed by atoms with E-state index in [2.05, 4.69) is 24.4 Å². The Morgan fingerprint density at radius 3 is 2.63 bits per heavy atom. The molecule has 0 atom stereocenters. The van der Waals surface area contributed by atoms with E-state index in [0.29, 0.717) is 13.2 Å². The number of rotatable bonds is 8. The molecule has 1 N–H and O–H groups in total. The zero-order valence-electron chi connectivity index (χ0n) is 11.9. The number of nitrogens with one attached hydrogen (secondary N) is 1. The van der Waals surface area contributed by atoms with Gasteiger partial charge < -0.3 is 14.8 Å². The lowest BCUT2D eigenvalue weighted by Crippen LogP contribution is -2.17. The van der Waals surface area contributed by atoms with Gasteiger partial charge in [0.2, 0.25) is 0 Å². The van der Waals surface area contributed by atoms with Crippen LogP contribution in [-0.4, -0.2) is 19.8 Å². The quantitative estimate of drug-likeness (QED) is 0.728. The Kier molecular flexibility index (Phi) is 6.02. The fraction of sp³-hybridized carbons (Fsp3) is 0.625. The van der Waals surface area contributed by atoms with Gasteiger partial charge in [0.15, 0.2) is 11.5 Å². The van der Waals surface area contributed by atoms with E-state index in [9.17, 15) is 0 Å². The van der Waals surface area contributed by atoms with Crippen LogP contribution >= 0.6 is 0 Å². The lowest BCUT2D eigenvalue weighted by Gasteiger charge is -2.19. The summed E-state index contributed by atoms with van der Waals surface area (Å²) in [6, 6.07) is 6.20. The molecule has 0 spiro atoms. The second-order valence-corrected chi connectivity index (χ2v) is 5.07. The van der Waals surface area contributed by atoms with E-state index >= 15 is 0 Å². The molecule has 1 aromatic rings. The third kappa shape index (κ3) is 4.75. The van der Waals surface area contributed by atoms with E-state index in [1.54, 1.807) is 0 Å². The summed E-state index contributed by atoms with van der Waals surface area (Å²) in [7, 11) is 0. The van der Waals surface area contributed by atoms with Crippen molar-refractivity contribution in [1.29, 1.82) is 0 Å². The van der Waals surface area contributed by atoms with Gasteiger partial charge in [0.1, 0.15) is 13.2 Å². The first-order valence-corrected chi connectivity index (χ1v) is 7.49. The van der Waals surface area contributed by atoms with Crippen molar-refractivity contribution in [3.63, 3.8) is 0 Å². The molecule has 0 aromatic heterocycles. The van der Waals surface area contributed by atoms with Crippen molar-refractivity contribution in [3.8, 4) is 11.5 Å². The summed E-state index contributed by atoms with van der Waals surface area (Å²) in [5.74, 6) is 1.75. The van der Waals surface area contributed by atoms with Crippen LogP contribution in [0.1, 0.15) is 44.6 Å². The van der Waals surface area contributed by atoms with Crippen LogP contribution in [0.2, 0.25) is 0 Å². The van der Waals surface area contributed by atoms with Gasteiger partial charge in [-0.15, -0.1) is 0 Å². The van der Waals surface area contributed by atoms with Gasteiger partial charge in [-0.25, -0.2) is 0 Å². The van der Waals surface area contributed by atoms with Crippen molar-refractivity contribution >= 4 is 0 Å². The Hall–Kier alpha value is -1.22. The minimum Gasteiger partial charge on any atom is -0.486 e. The van der Waals surface area contributed by atoms with E-state index in [1.807, 2.05) is 6.07 Å². The van der Waals surface area contributed by atoms with Gasteiger partial charge in [0, 0.05) is 6.54 Å². The molecule has 3 heteroatoms. The zero-order valence-corrected chi connectivity index (χ0v) is 11.9. The molecular formula is C16H25NO2. The van der Waals surface area contributed by atoms with Crippen LogP contribution < -0.4 is 14.8 Å². The van der Waals surface area contributed by atoms with E-state index < -0.39 is 0 Å². The molecular weight excluding hydrogens is 238 g/mol. The molecule has 0 fully saturated rings. The Bertz CT molecular complexity index is 379. The zero-order chi connectivity index (χ0) is 13.3. The standard InChI is InChI=1S/C16H25NO2/c1-2-3-4-5-6-9-17-13-14-7-8-15-16(12-14)19-11-10-18-15/h7-8,12,17H,2-6,9-11,13H2,1H3. The highest BCUT2D eigenvalue weighted by Crippen LogP contribution is 2.30. The van der Waals surface area contributed by atoms with Gasteiger partial charge in [-0.3, -0.25) is 0 Å². The van der Waals surface area contributed by atoms with E-state index in [4.69, 9.17) is 9.47 Å². The fourth-order valence-corrected chi connectivity index (χ4v) is 2.28. The Labute approximate surface area is 116 Å². The monoisotopic (exact) mass is 263 g/mol. The average molecular weight is 263 g/mol. The average Bonchev–Trinajstić information content (AvgIpc) is 2.46. The predicted molar refractivity (Wildman–Crippen MR) is 77.9 cm³/mol. The number of unbranched alkanes of at least 4 members (excludes halogenated alkanes) is 4. The molecule has 1 heterocycles. The molecule has 0 unspecified atom stereocenters. The first kappa shape index (κ1) is 14.2. The van der Waals surface area contributed by atoms with Crippen molar-refractivity contribution in [2.24, 2.45) is 0 Å². The fourth-order valence-electron chi connectivity index (χ4n) is 2.28. The normalized spacial score (nSPS) is 13.5. The Balaban J connectivity index is 1.66. The van der Waals surface area contributed by atoms with Crippen LogP contribution in [0.4, 0.5) is 0 Å². The highest BCUT2D eigenvalue weighted by atomic mass is 16.6. The summed E-state index contributed by atoms with van der Waals surface area (Å²) in [5.41, 5.74) is 1.26. The van der Waals surface area contributed by atoms with Gasteiger partial charge in [0.25, 0.3) is 0 Å². The van der Waals surface area contributed by atoms with Crippen LogP contribution in [0.15, 0.2) is 18.2 Å². The maximum atomic E-state index is 5.58. The molecule has 0 saturated heterocycles. The Morgan fingerprint density at radius 1 is 1.00 bits per heavy atom. The molecule has 3 nitrogen and oxygen atoms in total. The minimum absolute atomic E-state index is 0.654. The highest BCUT2D eigenvalue weighted by Gasteiger charge is 2.11.